The molecule has 2 N–H and O–H groups in total. The molecule has 1 heterocycles. The maximum absolute atomic E-state index is 12.6. The van der Waals surface area contributed by atoms with Crippen molar-refractivity contribution in [2.45, 2.75) is 20.0 Å². The fourth-order valence-corrected chi connectivity index (χ4v) is 2.72. The molecule has 1 aliphatic rings. The molecule has 0 spiro atoms. The highest BCUT2D eigenvalue weighted by Crippen LogP contribution is 2.27. The number of amides is 1. The summed E-state index contributed by atoms with van der Waals surface area (Å²) in [5.41, 5.74) is 4.83. The van der Waals surface area contributed by atoms with Crippen molar-refractivity contribution in [2.75, 3.05) is 25.6 Å². The summed E-state index contributed by atoms with van der Waals surface area (Å²) < 4.78 is 10.7. The monoisotopic (exact) mass is 362 g/mol. The molecule has 0 radical (unpaired) electrons. The molecule has 1 amide bonds. The molecule has 0 saturated carbocycles. The number of halogens is 1. The number of methoxy groups -OCH3 is 1. The normalized spacial score (nSPS) is 12.2. The van der Waals surface area contributed by atoms with Crippen molar-refractivity contribution in [2.24, 2.45) is 0 Å². The Bertz CT molecular complexity index is 749. The smallest absolute Gasteiger partial charge is 0.255 e. The van der Waals surface area contributed by atoms with Crippen LogP contribution in [0.1, 0.15) is 27.0 Å². The van der Waals surface area contributed by atoms with E-state index in [9.17, 15) is 4.79 Å². The van der Waals surface area contributed by atoms with Crippen LogP contribution in [0.2, 0.25) is 0 Å². The summed E-state index contributed by atoms with van der Waals surface area (Å²) in [6.45, 7) is 4.60. The Kier molecular flexibility index (Phi) is 6.82. The van der Waals surface area contributed by atoms with Crippen molar-refractivity contribution < 1.29 is 14.3 Å². The highest BCUT2D eigenvalue weighted by molar-refractivity contribution is 6.05. The molecular formula is C19H23ClN2O3. The number of carbonyl (C=O) groups excluding carboxylic acids is 1. The predicted octanol–water partition coefficient (Wildman–Crippen LogP) is 3.30. The van der Waals surface area contributed by atoms with Gasteiger partial charge in [0.2, 0.25) is 0 Å². The van der Waals surface area contributed by atoms with Gasteiger partial charge in [0.05, 0.1) is 12.3 Å². The first kappa shape index (κ1) is 19.2. The number of carbonyl (C=O) groups is 1. The van der Waals surface area contributed by atoms with E-state index in [4.69, 9.17) is 9.47 Å². The molecule has 0 atom stereocenters. The van der Waals surface area contributed by atoms with Crippen LogP contribution in [0.15, 0.2) is 36.4 Å². The molecule has 0 saturated heterocycles. The van der Waals surface area contributed by atoms with Crippen molar-refractivity contribution in [3.05, 3.63) is 58.7 Å². The molecule has 0 fully saturated rings. The lowest BCUT2D eigenvalue weighted by molar-refractivity contribution is 0.102. The minimum atomic E-state index is -0.134. The maximum atomic E-state index is 12.6. The number of anilines is 1. The summed E-state index contributed by atoms with van der Waals surface area (Å²) in [5, 5.41) is 6.23. The molecule has 0 aromatic heterocycles. The zero-order chi connectivity index (χ0) is 16.9. The van der Waals surface area contributed by atoms with Crippen molar-refractivity contribution >= 4 is 24.0 Å². The third-order valence-electron chi connectivity index (χ3n) is 4.03. The molecule has 25 heavy (non-hydrogen) atoms. The van der Waals surface area contributed by atoms with Gasteiger partial charge in [0, 0.05) is 25.8 Å². The zero-order valence-corrected chi connectivity index (χ0v) is 15.2. The first-order valence-corrected chi connectivity index (χ1v) is 8.03. The largest absolute Gasteiger partial charge is 0.489 e. The van der Waals surface area contributed by atoms with Crippen LogP contribution in [-0.2, 0) is 17.8 Å². The molecule has 0 unspecified atom stereocenters. The number of nitrogens with one attached hydrogen (secondary N) is 2. The number of aryl methyl sites for hydroxylation is 1. The average Bonchev–Trinajstić information content (AvgIpc) is 3.05. The van der Waals surface area contributed by atoms with Gasteiger partial charge < -0.3 is 20.1 Å². The summed E-state index contributed by atoms with van der Waals surface area (Å²) in [7, 11) is 1.63. The zero-order valence-electron chi connectivity index (χ0n) is 14.4. The lowest BCUT2D eigenvalue weighted by Gasteiger charge is -2.13. The van der Waals surface area contributed by atoms with Crippen LogP contribution in [0, 0.1) is 6.92 Å². The van der Waals surface area contributed by atoms with E-state index in [1.807, 2.05) is 43.3 Å². The molecule has 134 valence electrons. The molecule has 0 bridgehead atoms. The van der Waals surface area contributed by atoms with Gasteiger partial charge in [0.1, 0.15) is 12.4 Å². The Balaban J connectivity index is 0.00000225. The lowest BCUT2D eigenvalue weighted by Crippen LogP contribution is -2.14. The second kappa shape index (κ2) is 8.85. The quantitative estimate of drug-likeness (QED) is 0.774. The van der Waals surface area contributed by atoms with Gasteiger partial charge >= 0.3 is 0 Å². The van der Waals surface area contributed by atoms with E-state index in [0.29, 0.717) is 30.2 Å². The van der Waals surface area contributed by atoms with Crippen LogP contribution in [0.5, 0.6) is 5.75 Å². The predicted molar refractivity (Wildman–Crippen MR) is 101 cm³/mol. The minimum absolute atomic E-state index is 0. The third kappa shape index (κ3) is 4.72. The van der Waals surface area contributed by atoms with E-state index in [0.717, 1.165) is 18.7 Å². The van der Waals surface area contributed by atoms with Crippen LogP contribution < -0.4 is 15.4 Å². The second-order valence-electron chi connectivity index (χ2n) is 5.88. The van der Waals surface area contributed by atoms with Gasteiger partial charge in [0.15, 0.2) is 0 Å². The standard InChI is InChI=1S/C19H22N2O3.ClH/c1-13-3-6-17(18(9-13)24-8-7-23-2)21-19(22)14-4-5-15-11-20-12-16(15)10-14;/h3-6,9-10,20H,7-8,11-12H2,1-2H3,(H,21,22);1H. The number of benzene rings is 2. The van der Waals surface area contributed by atoms with E-state index in [1.165, 1.54) is 11.1 Å². The number of fused-ring (bicyclic) bond motifs is 1. The van der Waals surface area contributed by atoms with E-state index >= 15 is 0 Å². The fourth-order valence-electron chi connectivity index (χ4n) is 2.72. The van der Waals surface area contributed by atoms with E-state index in [-0.39, 0.29) is 18.3 Å². The van der Waals surface area contributed by atoms with E-state index in [2.05, 4.69) is 10.6 Å². The Hall–Kier alpha value is -2.08. The Labute approximate surface area is 154 Å². The van der Waals surface area contributed by atoms with E-state index in [1.54, 1.807) is 7.11 Å². The molecule has 5 nitrogen and oxygen atoms in total. The molecule has 0 aliphatic carbocycles. The third-order valence-corrected chi connectivity index (χ3v) is 4.03. The van der Waals surface area contributed by atoms with Gasteiger partial charge in [0.25, 0.3) is 5.91 Å². The topological polar surface area (TPSA) is 59.6 Å². The summed E-state index contributed by atoms with van der Waals surface area (Å²) in [5.74, 6) is 0.522. The fraction of sp³-hybridized carbons (Fsp3) is 0.316. The summed E-state index contributed by atoms with van der Waals surface area (Å²) in [6, 6.07) is 11.5. The van der Waals surface area contributed by atoms with Gasteiger partial charge in [-0.1, -0.05) is 12.1 Å². The minimum Gasteiger partial charge on any atom is -0.489 e. The average molecular weight is 363 g/mol. The highest BCUT2D eigenvalue weighted by Gasteiger charge is 2.15. The maximum Gasteiger partial charge on any atom is 0.255 e. The van der Waals surface area contributed by atoms with Crippen LogP contribution in [0.25, 0.3) is 0 Å². The van der Waals surface area contributed by atoms with Gasteiger partial charge in [-0.15, -0.1) is 12.4 Å². The van der Waals surface area contributed by atoms with Gasteiger partial charge in [-0.25, -0.2) is 0 Å². The van der Waals surface area contributed by atoms with Crippen molar-refractivity contribution in [3.63, 3.8) is 0 Å². The molecule has 1 aliphatic heterocycles. The number of hydrogen-bond acceptors (Lipinski definition) is 4. The van der Waals surface area contributed by atoms with Crippen LogP contribution >= 0.6 is 12.4 Å². The van der Waals surface area contributed by atoms with Gasteiger partial charge in [-0.3, -0.25) is 4.79 Å². The van der Waals surface area contributed by atoms with Crippen LogP contribution in [0.4, 0.5) is 5.69 Å². The lowest BCUT2D eigenvalue weighted by atomic mass is 10.1. The van der Waals surface area contributed by atoms with Gasteiger partial charge in [-0.2, -0.15) is 0 Å². The van der Waals surface area contributed by atoms with Crippen molar-refractivity contribution in [1.29, 1.82) is 0 Å². The summed E-state index contributed by atoms with van der Waals surface area (Å²) >= 11 is 0. The molecule has 2 aromatic carbocycles. The SMILES string of the molecule is COCCOc1cc(C)ccc1NC(=O)c1ccc2c(c1)CNC2.Cl. The second-order valence-corrected chi connectivity index (χ2v) is 5.88. The molecule has 6 heteroatoms. The van der Waals surface area contributed by atoms with Gasteiger partial charge in [-0.05, 0) is 47.9 Å². The first-order chi connectivity index (χ1) is 11.7. The Morgan fingerprint density at radius 1 is 1.12 bits per heavy atom. The van der Waals surface area contributed by atoms with Crippen molar-refractivity contribution in [3.8, 4) is 5.75 Å². The van der Waals surface area contributed by atoms with E-state index < -0.39 is 0 Å². The first-order valence-electron chi connectivity index (χ1n) is 8.03. The number of ether oxygens (including phenoxy) is 2. The Morgan fingerprint density at radius 3 is 2.72 bits per heavy atom. The molecule has 2 aromatic rings. The van der Waals surface area contributed by atoms with Crippen molar-refractivity contribution in [1.82, 2.24) is 5.32 Å². The molecule has 3 rings (SSSR count). The molecular weight excluding hydrogens is 340 g/mol. The van der Waals surface area contributed by atoms with Crippen LogP contribution in [0.3, 0.4) is 0 Å². The summed E-state index contributed by atoms with van der Waals surface area (Å²) in [4.78, 5) is 12.6. The number of hydrogen-bond donors (Lipinski definition) is 2. The van der Waals surface area contributed by atoms with Crippen LogP contribution in [-0.4, -0.2) is 26.2 Å². The number of rotatable bonds is 6. The summed E-state index contributed by atoms with van der Waals surface area (Å²) in [6.07, 6.45) is 0. The highest BCUT2D eigenvalue weighted by atomic mass is 35.5. The Morgan fingerprint density at radius 2 is 1.92 bits per heavy atom.